The van der Waals surface area contributed by atoms with E-state index in [0.29, 0.717) is 16.6 Å². The Morgan fingerprint density at radius 2 is 2.04 bits per heavy atom. The first-order valence-corrected chi connectivity index (χ1v) is 10.3. The van der Waals surface area contributed by atoms with E-state index in [1.165, 1.54) is 29.5 Å². The zero-order valence-corrected chi connectivity index (χ0v) is 16.4. The normalized spacial score (nSPS) is 13.0. The standard InChI is InChI=1S/C15H19ClN4O3S2/c1-4-12-18-19-15(24-12)17-14(21)13(9(2)3)20-25(22,23)11-7-5-6-10(16)8-11/h5-9,13,20H,4H2,1-3H3,(H,17,19,21)/t13-/m1/s1. The molecule has 0 saturated heterocycles. The van der Waals surface area contributed by atoms with Gasteiger partial charge in [0.1, 0.15) is 11.0 Å². The van der Waals surface area contributed by atoms with Crippen LogP contribution in [0.25, 0.3) is 0 Å². The number of carbonyl (C=O) groups excluding carboxylic acids is 1. The Labute approximate surface area is 155 Å². The first kappa shape index (κ1) is 19.8. The predicted octanol–water partition coefficient (Wildman–Crippen LogP) is 2.70. The Kier molecular flexibility index (Phi) is 6.50. The van der Waals surface area contributed by atoms with Gasteiger partial charge in [0.15, 0.2) is 0 Å². The summed E-state index contributed by atoms with van der Waals surface area (Å²) in [7, 11) is -3.89. The van der Waals surface area contributed by atoms with Gasteiger partial charge in [0.25, 0.3) is 0 Å². The molecule has 2 aromatic rings. The number of rotatable bonds is 7. The third-order valence-electron chi connectivity index (χ3n) is 3.34. The van der Waals surface area contributed by atoms with E-state index in [1.54, 1.807) is 19.9 Å². The topological polar surface area (TPSA) is 101 Å². The minimum atomic E-state index is -3.89. The molecule has 0 unspecified atom stereocenters. The number of hydrogen-bond acceptors (Lipinski definition) is 6. The minimum absolute atomic E-state index is 0.00244. The second-order valence-electron chi connectivity index (χ2n) is 5.64. The third-order valence-corrected chi connectivity index (χ3v) is 5.99. The summed E-state index contributed by atoms with van der Waals surface area (Å²) < 4.78 is 27.5. The van der Waals surface area contributed by atoms with E-state index < -0.39 is 22.0 Å². The Bertz CT molecular complexity index is 852. The van der Waals surface area contributed by atoms with E-state index in [0.717, 1.165) is 5.01 Å². The summed E-state index contributed by atoms with van der Waals surface area (Å²) in [5.74, 6) is -0.757. The van der Waals surface area contributed by atoms with E-state index in [1.807, 2.05) is 6.92 Å². The van der Waals surface area contributed by atoms with Gasteiger partial charge in [0.2, 0.25) is 21.1 Å². The van der Waals surface area contributed by atoms with Gasteiger partial charge < -0.3 is 0 Å². The molecule has 1 heterocycles. The van der Waals surface area contributed by atoms with Crippen molar-refractivity contribution in [3.8, 4) is 0 Å². The Hall–Kier alpha value is -1.55. The monoisotopic (exact) mass is 402 g/mol. The number of nitrogens with one attached hydrogen (secondary N) is 2. The van der Waals surface area contributed by atoms with Gasteiger partial charge in [-0.2, -0.15) is 4.72 Å². The zero-order valence-electron chi connectivity index (χ0n) is 14.0. The average Bonchev–Trinajstić information content (AvgIpc) is 3.00. The summed E-state index contributed by atoms with van der Waals surface area (Å²) in [5.41, 5.74) is 0. The first-order valence-electron chi connectivity index (χ1n) is 7.64. The fraction of sp³-hybridized carbons (Fsp3) is 0.400. The molecule has 2 N–H and O–H groups in total. The van der Waals surface area contributed by atoms with E-state index in [9.17, 15) is 13.2 Å². The molecule has 0 spiro atoms. The van der Waals surface area contributed by atoms with Gasteiger partial charge in [0, 0.05) is 5.02 Å². The SMILES string of the molecule is CCc1nnc(NC(=O)[C@H](NS(=O)(=O)c2cccc(Cl)c2)C(C)C)s1. The van der Waals surface area contributed by atoms with Crippen LogP contribution < -0.4 is 10.0 Å². The maximum absolute atomic E-state index is 12.5. The van der Waals surface area contributed by atoms with Gasteiger partial charge in [-0.3, -0.25) is 10.1 Å². The molecule has 1 amide bonds. The molecule has 0 bridgehead atoms. The fourth-order valence-electron chi connectivity index (χ4n) is 1.99. The van der Waals surface area contributed by atoms with Gasteiger partial charge in [-0.25, -0.2) is 8.42 Å². The molecule has 7 nitrogen and oxygen atoms in total. The van der Waals surface area contributed by atoms with Crippen molar-refractivity contribution in [2.45, 2.75) is 38.1 Å². The summed E-state index contributed by atoms with van der Waals surface area (Å²) in [6.07, 6.45) is 0.711. The van der Waals surface area contributed by atoms with E-state index in [-0.39, 0.29) is 10.8 Å². The number of halogens is 1. The zero-order chi connectivity index (χ0) is 18.6. The summed E-state index contributed by atoms with van der Waals surface area (Å²) in [5, 5.41) is 11.8. The van der Waals surface area contributed by atoms with Crippen LogP contribution in [-0.2, 0) is 21.2 Å². The molecule has 0 aliphatic carbocycles. The lowest BCUT2D eigenvalue weighted by atomic mass is 10.1. The number of aryl methyl sites for hydroxylation is 1. The second-order valence-corrected chi connectivity index (χ2v) is 8.86. The lowest BCUT2D eigenvalue weighted by Gasteiger charge is -2.21. The van der Waals surface area contributed by atoms with Crippen LogP contribution in [-0.4, -0.2) is 30.6 Å². The van der Waals surface area contributed by atoms with Crippen LogP contribution in [0.3, 0.4) is 0 Å². The third kappa shape index (κ3) is 5.21. The quantitative estimate of drug-likeness (QED) is 0.741. The smallest absolute Gasteiger partial charge is 0.244 e. The molecular weight excluding hydrogens is 384 g/mol. The van der Waals surface area contributed by atoms with Crippen LogP contribution in [0.4, 0.5) is 5.13 Å². The van der Waals surface area contributed by atoms with Crippen LogP contribution in [0, 0.1) is 5.92 Å². The molecule has 2 rings (SSSR count). The van der Waals surface area contributed by atoms with Gasteiger partial charge in [-0.1, -0.05) is 49.8 Å². The Morgan fingerprint density at radius 3 is 2.60 bits per heavy atom. The highest BCUT2D eigenvalue weighted by molar-refractivity contribution is 7.89. The molecule has 0 radical (unpaired) electrons. The van der Waals surface area contributed by atoms with Crippen LogP contribution in [0.1, 0.15) is 25.8 Å². The van der Waals surface area contributed by atoms with Crippen molar-refractivity contribution in [3.63, 3.8) is 0 Å². The number of sulfonamides is 1. The first-order chi connectivity index (χ1) is 11.7. The summed E-state index contributed by atoms with van der Waals surface area (Å²) in [6, 6.07) is 4.90. The maximum Gasteiger partial charge on any atom is 0.244 e. The number of benzene rings is 1. The highest BCUT2D eigenvalue weighted by Gasteiger charge is 2.29. The molecule has 136 valence electrons. The van der Waals surface area contributed by atoms with E-state index in [4.69, 9.17) is 11.6 Å². The molecule has 0 saturated carbocycles. The minimum Gasteiger partial charge on any atom is -0.299 e. The molecule has 1 aromatic carbocycles. The highest BCUT2D eigenvalue weighted by atomic mass is 35.5. The summed E-state index contributed by atoms with van der Waals surface area (Å²) >= 11 is 7.11. The van der Waals surface area contributed by atoms with Gasteiger partial charge in [0.05, 0.1) is 4.90 Å². The van der Waals surface area contributed by atoms with Crippen LogP contribution in [0.15, 0.2) is 29.2 Å². The number of carbonyl (C=O) groups is 1. The number of anilines is 1. The van der Waals surface area contributed by atoms with Crippen molar-refractivity contribution in [1.82, 2.24) is 14.9 Å². The lowest BCUT2D eigenvalue weighted by molar-refractivity contribution is -0.118. The van der Waals surface area contributed by atoms with Crippen molar-refractivity contribution >= 4 is 44.0 Å². The summed E-state index contributed by atoms with van der Waals surface area (Å²) in [4.78, 5) is 12.5. The van der Waals surface area contributed by atoms with Gasteiger partial charge in [-0.05, 0) is 30.5 Å². The van der Waals surface area contributed by atoms with E-state index in [2.05, 4.69) is 20.2 Å². The van der Waals surface area contributed by atoms with Crippen molar-refractivity contribution < 1.29 is 13.2 Å². The van der Waals surface area contributed by atoms with Crippen molar-refractivity contribution in [3.05, 3.63) is 34.3 Å². The van der Waals surface area contributed by atoms with Crippen molar-refractivity contribution in [2.75, 3.05) is 5.32 Å². The van der Waals surface area contributed by atoms with Crippen LogP contribution in [0.2, 0.25) is 5.02 Å². The van der Waals surface area contributed by atoms with E-state index >= 15 is 0 Å². The summed E-state index contributed by atoms with van der Waals surface area (Å²) in [6.45, 7) is 5.44. The number of amides is 1. The molecule has 10 heteroatoms. The molecule has 25 heavy (non-hydrogen) atoms. The maximum atomic E-state index is 12.5. The average molecular weight is 403 g/mol. The molecular formula is C15H19ClN4O3S2. The Morgan fingerprint density at radius 1 is 1.32 bits per heavy atom. The molecule has 0 aliphatic heterocycles. The fourth-order valence-corrected chi connectivity index (χ4v) is 4.32. The van der Waals surface area contributed by atoms with Gasteiger partial charge >= 0.3 is 0 Å². The lowest BCUT2D eigenvalue weighted by Crippen LogP contribution is -2.47. The number of aromatic nitrogens is 2. The Balaban J connectivity index is 2.18. The molecule has 0 aliphatic rings. The molecule has 1 aromatic heterocycles. The van der Waals surface area contributed by atoms with Crippen LogP contribution >= 0.6 is 22.9 Å². The number of nitrogens with zero attached hydrogens (tertiary/aromatic N) is 2. The van der Waals surface area contributed by atoms with Crippen LogP contribution in [0.5, 0.6) is 0 Å². The molecule has 1 atom stereocenters. The highest BCUT2D eigenvalue weighted by Crippen LogP contribution is 2.19. The van der Waals surface area contributed by atoms with Crippen molar-refractivity contribution in [2.24, 2.45) is 5.92 Å². The largest absolute Gasteiger partial charge is 0.299 e. The van der Waals surface area contributed by atoms with Crippen molar-refractivity contribution in [1.29, 1.82) is 0 Å². The number of hydrogen-bond donors (Lipinski definition) is 2. The second kappa shape index (κ2) is 8.22. The molecule has 0 fully saturated rings. The predicted molar refractivity (Wildman–Crippen MR) is 98.3 cm³/mol. The van der Waals surface area contributed by atoms with Gasteiger partial charge in [-0.15, -0.1) is 10.2 Å².